The Bertz CT molecular complexity index is 392. The third-order valence-electron chi connectivity index (χ3n) is 2.49. The van der Waals surface area contributed by atoms with E-state index in [9.17, 15) is 4.79 Å². The molecule has 0 spiro atoms. The topological polar surface area (TPSA) is 71.2 Å². The molecule has 1 aromatic rings. The molecule has 0 atom stereocenters. The number of pyridine rings is 1. The second-order valence-corrected chi connectivity index (χ2v) is 4.82. The minimum atomic E-state index is -0.305. The molecule has 18 heavy (non-hydrogen) atoms. The van der Waals surface area contributed by atoms with Gasteiger partial charge in [0.15, 0.2) is 0 Å². The van der Waals surface area contributed by atoms with Crippen LogP contribution in [0.2, 0.25) is 0 Å². The van der Waals surface area contributed by atoms with Crippen molar-refractivity contribution < 1.29 is 4.79 Å². The summed E-state index contributed by atoms with van der Waals surface area (Å²) < 4.78 is 0. The van der Waals surface area contributed by atoms with Crippen LogP contribution in [-0.4, -0.2) is 35.9 Å². The first-order valence-corrected chi connectivity index (χ1v) is 6.14. The van der Waals surface area contributed by atoms with Crippen molar-refractivity contribution in [3.8, 4) is 0 Å². The van der Waals surface area contributed by atoms with Gasteiger partial charge in [-0.2, -0.15) is 0 Å². The van der Waals surface area contributed by atoms with Crippen LogP contribution in [0.1, 0.15) is 19.5 Å². The van der Waals surface area contributed by atoms with Crippen LogP contribution in [0.15, 0.2) is 18.3 Å². The summed E-state index contributed by atoms with van der Waals surface area (Å²) in [5.41, 5.74) is 7.22. The zero-order valence-corrected chi connectivity index (χ0v) is 11.3. The summed E-state index contributed by atoms with van der Waals surface area (Å²) in [6.07, 6.45) is 1.76. The van der Waals surface area contributed by atoms with Gasteiger partial charge in [0, 0.05) is 32.0 Å². The fourth-order valence-corrected chi connectivity index (χ4v) is 1.87. The van der Waals surface area contributed by atoms with Gasteiger partial charge in [0.05, 0.1) is 12.2 Å². The minimum absolute atomic E-state index is 0.268. The van der Waals surface area contributed by atoms with Crippen LogP contribution in [0.4, 0.5) is 5.69 Å². The van der Waals surface area contributed by atoms with Crippen LogP contribution in [0.5, 0.6) is 0 Å². The number of hydrogen-bond acceptors (Lipinski definition) is 4. The number of carbonyl (C=O) groups is 1. The predicted molar refractivity (Wildman–Crippen MR) is 73.1 cm³/mol. The van der Waals surface area contributed by atoms with Crippen molar-refractivity contribution >= 4 is 11.6 Å². The predicted octanol–water partition coefficient (Wildman–Crippen LogP) is 1.07. The average molecular weight is 250 g/mol. The number of hydrogen-bond donors (Lipinski definition) is 2. The molecule has 0 aliphatic carbocycles. The molecule has 0 aliphatic rings. The lowest BCUT2D eigenvalue weighted by molar-refractivity contribution is -0.119. The lowest BCUT2D eigenvalue weighted by atomic mass is 10.2. The van der Waals surface area contributed by atoms with Crippen LogP contribution >= 0.6 is 0 Å². The van der Waals surface area contributed by atoms with Crippen molar-refractivity contribution in [1.82, 2.24) is 9.88 Å². The number of amides is 1. The highest BCUT2D eigenvalue weighted by Gasteiger charge is 2.11. The molecule has 1 amide bonds. The van der Waals surface area contributed by atoms with E-state index in [4.69, 9.17) is 5.73 Å². The minimum Gasteiger partial charge on any atom is -0.388 e. The van der Waals surface area contributed by atoms with E-state index in [-0.39, 0.29) is 12.5 Å². The molecular formula is C13H22N4O. The van der Waals surface area contributed by atoms with Gasteiger partial charge in [0.25, 0.3) is 0 Å². The Morgan fingerprint density at radius 2 is 2.28 bits per heavy atom. The van der Waals surface area contributed by atoms with Crippen LogP contribution in [0.25, 0.3) is 0 Å². The molecule has 0 radical (unpaired) electrons. The molecule has 5 heteroatoms. The van der Waals surface area contributed by atoms with E-state index >= 15 is 0 Å². The lowest BCUT2D eigenvalue weighted by Gasteiger charge is -2.22. The van der Waals surface area contributed by atoms with Gasteiger partial charge in [-0.3, -0.25) is 14.7 Å². The molecule has 0 aromatic carbocycles. The maximum absolute atomic E-state index is 11.1. The molecule has 1 rings (SSSR count). The smallest absolute Gasteiger partial charge is 0.231 e. The van der Waals surface area contributed by atoms with E-state index in [0.29, 0.717) is 12.5 Å². The zero-order chi connectivity index (χ0) is 13.5. The lowest BCUT2D eigenvalue weighted by Crippen LogP contribution is -2.36. The van der Waals surface area contributed by atoms with Gasteiger partial charge in [-0.15, -0.1) is 0 Å². The van der Waals surface area contributed by atoms with Gasteiger partial charge < -0.3 is 11.1 Å². The van der Waals surface area contributed by atoms with E-state index in [1.54, 1.807) is 6.20 Å². The zero-order valence-electron chi connectivity index (χ0n) is 11.3. The molecule has 1 heterocycles. The van der Waals surface area contributed by atoms with E-state index < -0.39 is 0 Å². The van der Waals surface area contributed by atoms with E-state index in [1.165, 1.54) is 0 Å². The first-order chi connectivity index (χ1) is 8.51. The van der Waals surface area contributed by atoms with Gasteiger partial charge in [0.1, 0.15) is 0 Å². The van der Waals surface area contributed by atoms with E-state index in [2.05, 4.69) is 24.1 Å². The monoisotopic (exact) mass is 250 g/mol. The van der Waals surface area contributed by atoms with Gasteiger partial charge in [-0.05, 0) is 18.1 Å². The maximum atomic E-state index is 11.1. The standard InChI is InChI=1S/C13H22N4O/c1-10(2)7-17(9-13(14)18)8-12-6-11(15-3)4-5-16-12/h4-6,10H,7-9H2,1-3H3,(H2,14,18)(H,15,16). The number of rotatable bonds is 7. The summed E-state index contributed by atoms with van der Waals surface area (Å²) in [6, 6.07) is 3.89. The summed E-state index contributed by atoms with van der Waals surface area (Å²) in [7, 11) is 1.87. The molecule has 0 fully saturated rings. The Kier molecular flexibility index (Phi) is 5.58. The van der Waals surface area contributed by atoms with Crippen molar-refractivity contribution in [3.05, 3.63) is 24.0 Å². The van der Waals surface area contributed by atoms with E-state index in [1.807, 2.05) is 24.1 Å². The summed E-state index contributed by atoms with van der Waals surface area (Å²) >= 11 is 0. The first-order valence-electron chi connectivity index (χ1n) is 6.14. The van der Waals surface area contributed by atoms with Gasteiger partial charge in [-0.1, -0.05) is 13.8 Å². The molecule has 0 bridgehead atoms. The Morgan fingerprint density at radius 1 is 1.56 bits per heavy atom. The van der Waals surface area contributed by atoms with Crippen LogP contribution in [-0.2, 0) is 11.3 Å². The Labute approximate surface area is 108 Å². The number of nitrogens with one attached hydrogen (secondary N) is 1. The van der Waals surface area contributed by atoms with Gasteiger partial charge >= 0.3 is 0 Å². The molecule has 5 nitrogen and oxygen atoms in total. The number of primary amides is 1. The van der Waals surface area contributed by atoms with E-state index in [0.717, 1.165) is 17.9 Å². The van der Waals surface area contributed by atoms with Crippen molar-refractivity contribution in [2.45, 2.75) is 20.4 Å². The Hall–Kier alpha value is -1.62. The summed E-state index contributed by atoms with van der Waals surface area (Å²) in [4.78, 5) is 17.4. The number of nitrogens with two attached hydrogens (primary N) is 1. The second-order valence-electron chi connectivity index (χ2n) is 4.82. The largest absolute Gasteiger partial charge is 0.388 e. The van der Waals surface area contributed by atoms with Crippen molar-refractivity contribution in [2.24, 2.45) is 11.7 Å². The molecule has 100 valence electrons. The molecule has 0 unspecified atom stereocenters. The number of anilines is 1. The molecule has 0 saturated heterocycles. The number of carbonyl (C=O) groups excluding carboxylic acids is 1. The van der Waals surface area contributed by atoms with Gasteiger partial charge in [0.2, 0.25) is 5.91 Å². The third kappa shape index (κ3) is 5.14. The number of nitrogens with zero attached hydrogens (tertiary/aromatic N) is 2. The highest BCUT2D eigenvalue weighted by atomic mass is 16.1. The first kappa shape index (κ1) is 14.4. The summed E-state index contributed by atoms with van der Waals surface area (Å²) in [5.74, 6) is 0.178. The normalized spacial score (nSPS) is 10.9. The molecule has 3 N–H and O–H groups in total. The van der Waals surface area contributed by atoms with Crippen LogP contribution in [0, 0.1) is 5.92 Å². The van der Waals surface area contributed by atoms with Gasteiger partial charge in [-0.25, -0.2) is 0 Å². The fraction of sp³-hybridized carbons (Fsp3) is 0.538. The third-order valence-corrected chi connectivity index (χ3v) is 2.49. The summed E-state index contributed by atoms with van der Waals surface area (Å²) in [5, 5.41) is 3.07. The quantitative estimate of drug-likeness (QED) is 0.759. The van der Waals surface area contributed by atoms with Crippen molar-refractivity contribution in [1.29, 1.82) is 0 Å². The second kappa shape index (κ2) is 6.96. The molecule has 0 saturated carbocycles. The van der Waals surface area contributed by atoms with Crippen LogP contribution < -0.4 is 11.1 Å². The molecule has 1 aromatic heterocycles. The SMILES string of the molecule is CNc1ccnc(CN(CC(N)=O)CC(C)C)c1. The Balaban J connectivity index is 2.71. The highest BCUT2D eigenvalue weighted by molar-refractivity contribution is 5.75. The van der Waals surface area contributed by atoms with Crippen molar-refractivity contribution in [3.63, 3.8) is 0 Å². The molecule has 0 aliphatic heterocycles. The average Bonchev–Trinajstić information content (AvgIpc) is 2.27. The Morgan fingerprint density at radius 3 is 2.83 bits per heavy atom. The fourth-order valence-electron chi connectivity index (χ4n) is 1.87. The molecular weight excluding hydrogens is 228 g/mol. The van der Waals surface area contributed by atoms with Crippen LogP contribution in [0.3, 0.4) is 0 Å². The maximum Gasteiger partial charge on any atom is 0.231 e. The summed E-state index contributed by atoms with van der Waals surface area (Å²) in [6.45, 7) is 5.96. The van der Waals surface area contributed by atoms with Crippen molar-refractivity contribution in [2.75, 3.05) is 25.5 Å². The highest BCUT2D eigenvalue weighted by Crippen LogP contribution is 2.10. The number of aromatic nitrogens is 1.